The normalized spacial score (nSPS) is 36.3. The van der Waals surface area contributed by atoms with Crippen molar-refractivity contribution in [2.24, 2.45) is 17.6 Å². The van der Waals surface area contributed by atoms with Gasteiger partial charge in [0.1, 0.15) is 0 Å². The first-order chi connectivity index (χ1) is 7.09. The zero-order valence-corrected chi connectivity index (χ0v) is 9.59. The number of hydrogen-bond donors (Lipinski definition) is 2. The van der Waals surface area contributed by atoms with Crippen molar-refractivity contribution in [1.29, 1.82) is 0 Å². The standard InChI is InChI=1S/C12H22N2O/c1-12(13)7-3-2-4-10(12)11(15)14-8-9-5-6-9/h9-10H,2-8,13H2,1H3,(H,14,15). The van der Waals surface area contributed by atoms with E-state index < -0.39 is 0 Å². The summed E-state index contributed by atoms with van der Waals surface area (Å²) in [5.41, 5.74) is 5.90. The van der Waals surface area contributed by atoms with Crippen LogP contribution in [0.5, 0.6) is 0 Å². The molecule has 15 heavy (non-hydrogen) atoms. The van der Waals surface area contributed by atoms with Crippen LogP contribution in [0, 0.1) is 11.8 Å². The summed E-state index contributed by atoms with van der Waals surface area (Å²) >= 11 is 0. The van der Waals surface area contributed by atoms with Crippen LogP contribution in [0.3, 0.4) is 0 Å². The molecule has 0 saturated heterocycles. The van der Waals surface area contributed by atoms with Crippen LogP contribution in [0.15, 0.2) is 0 Å². The molecule has 2 aliphatic carbocycles. The van der Waals surface area contributed by atoms with E-state index >= 15 is 0 Å². The molecule has 3 heteroatoms. The van der Waals surface area contributed by atoms with Gasteiger partial charge in [0.15, 0.2) is 0 Å². The summed E-state index contributed by atoms with van der Waals surface area (Å²) in [5.74, 6) is 0.971. The van der Waals surface area contributed by atoms with E-state index in [9.17, 15) is 4.79 Å². The van der Waals surface area contributed by atoms with Gasteiger partial charge < -0.3 is 11.1 Å². The maximum absolute atomic E-state index is 12.0. The molecule has 3 N–H and O–H groups in total. The fourth-order valence-corrected chi connectivity index (χ4v) is 2.48. The Kier molecular flexibility index (Phi) is 3.01. The van der Waals surface area contributed by atoms with Crippen molar-refractivity contribution in [3.8, 4) is 0 Å². The van der Waals surface area contributed by atoms with Crippen LogP contribution in [0.2, 0.25) is 0 Å². The maximum atomic E-state index is 12.0. The number of nitrogens with one attached hydrogen (secondary N) is 1. The van der Waals surface area contributed by atoms with Gasteiger partial charge in [-0.05, 0) is 38.5 Å². The maximum Gasteiger partial charge on any atom is 0.224 e. The first-order valence-corrected chi connectivity index (χ1v) is 6.16. The van der Waals surface area contributed by atoms with Gasteiger partial charge in [-0.25, -0.2) is 0 Å². The van der Waals surface area contributed by atoms with Gasteiger partial charge >= 0.3 is 0 Å². The summed E-state index contributed by atoms with van der Waals surface area (Å²) in [6.07, 6.45) is 6.82. The van der Waals surface area contributed by atoms with E-state index in [0.717, 1.165) is 31.7 Å². The molecule has 86 valence electrons. The SMILES string of the molecule is CC1(N)CCCCC1C(=O)NCC1CC1. The molecule has 2 saturated carbocycles. The van der Waals surface area contributed by atoms with Crippen molar-refractivity contribution in [1.82, 2.24) is 5.32 Å². The first-order valence-electron chi connectivity index (χ1n) is 6.16. The van der Waals surface area contributed by atoms with Crippen LogP contribution < -0.4 is 11.1 Å². The summed E-state index contributed by atoms with van der Waals surface area (Å²) in [6.45, 7) is 2.89. The average Bonchev–Trinajstić information content (AvgIpc) is 2.97. The molecule has 0 heterocycles. The van der Waals surface area contributed by atoms with E-state index in [-0.39, 0.29) is 17.4 Å². The Morgan fingerprint density at radius 3 is 2.73 bits per heavy atom. The second-order valence-electron chi connectivity index (χ2n) is 5.49. The topological polar surface area (TPSA) is 55.1 Å². The summed E-state index contributed by atoms with van der Waals surface area (Å²) in [7, 11) is 0. The molecule has 0 radical (unpaired) electrons. The molecule has 2 rings (SSSR count). The Morgan fingerprint density at radius 2 is 2.13 bits per heavy atom. The molecule has 0 aromatic rings. The molecule has 0 aromatic heterocycles. The minimum Gasteiger partial charge on any atom is -0.356 e. The van der Waals surface area contributed by atoms with Crippen LogP contribution in [-0.4, -0.2) is 18.0 Å². The molecule has 0 aliphatic heterocycles. The molecule has 2 fully saturated rings. The summed E-state index contributed by atoms with van der Waals surface area (Å²) in [5, 5.41) is 3.05. The monoisotopic (exact) mass is 210 g/mol. The lowest BCUT2D eigenvalue weighted by Gasteiger charge is -2.37. The van der Waals surface area contributed by atoms with Crippen LogP contribution in [-0.2, 0) is 4.79 Å². The molecule has 2 unspecified atom stereocenters. The molecule has 0 bridgehead atoms. The highest BCUT2D eigenvalue weighted by Crippen LogP contribution is 2.32. The van der Waals surface area contributed by atoms with Crippen molar-refractivity contribution >= 4 is 5.91 Å². The fraction of sp³-hybridized carbons (Fsp3) is 0.917. The lowest BCUT2D eigenvalue weighted by Crippen LogP contribution is -2.53. The van der Waals surface area contributed by atoms with Gasteiger partial charge in [0.2, 0.25) is 5.91 Å². The van der Waals surface area contributed by atoms with Gasteiger partial charge in [0, 0.05) is 12.1 Å². The van der Waals surface area contributed by atoms with Crippen LogP contribution >= 0.6 is 0 Å². The number of carbonyl (C=O) groups is 1. The Bertz CT molecular complexity index is 246. The lowest BCUT2D eigenvalue weighted by atomic mass is 9.74. The van der Waals surface area contributed by atoms with Crippen LogP contribution in [0.25, 0.3) is 0 Å². The van der Waals surface area contributed by atoms with E-state index in [4.69, 9.17) is 5.73 Å². The van der Waals surface area contributed by atoms with E-state index in [1.807, 2.05) is 6.92 Å². The predicted octanol–water partition coefficient (Wildman–Crippen LogP) is 1.42. The third-order valence-corrected chi connectivity index (χ3v) is 3.83. The largest absolute Gasteiger partial charge is 0.356 e. The number of nitrogens with two attached hydrogens (primary N) is 1. The molecule has 1 amide bonds. The zero-order valence-electron chi connectivity index (χ0n) is 9.59. The number of carbonyl (C=O) groups excluding carboxylic acids is 1. The quantitative estimate of drug-likeness (QED) is 0.740. The van der Waals surface area contributed by atoms with Gasteiger partial charge in [0.05, 0.1) is 5.92 Å². The number of amides is 1. The van der Waals surface area contributed by atoms with Gasteiger partial charge in [-0.15, -0.1) is 0 Å². The van der Waals surface area contributed by atoms with E-state index in [1.54, 1.807) is 0 Å². The molecular weight excluding hydrogens is 188 g/mol. The number of rotatable bonds is 3. The van der Waals surface area contributed by atoms with E-state index in [1.165, 1.54) is 19.3 Å². The molecular formula is C12H22N2O. The minimum absolute atomic E-state index is 0.0324. The predicted molar refractivity (Wildman–Crippen MR) is 60.3 cm³/mol. The summed E-state index contributed by atoms with van der Waals surface area (Å²) < 4.78 is 0. The molecule has 0 aromatic carbocycles. The number of hydrogen-bond acceptors (Lipinski definition) is 2. The first kappa shape index (κ1) is 10.9. The fourth-order valence-electron chi connectivity index (χ4n) is 2.48. The van der Waals surface area contributed by atoms with Crippen molar-refractivity contribution in [3.63, 3.8) is 0 Å². The van der Waals surface area contributed by atoms with Crippen molar-refractivity contribution in [2.75, 3.05) is 6.54 Å². The van der Waals surface area contributed by atoms with Crippen LogP contribution in [0.1, 0.15) is 45.4 Å². The highest BCUT2D eigenvalue weighted by atomic mass is 16.1. The minimum atomic E-state index is -0.286. The van der Waals surface area contributed by atoms with Crippen molar-refractivity contribution in [3.05, 3.63) is 0 Å². The lowest BCUT2D eigenvalue weighted by molar-refractivity contribution is -0.128. The molecule has 2 atom stereocenters. The van der Waals surface area contributed by atoms with Gasteiger partial charge in [-0.3, -0.25) is 4.79 Å². The Labute approximate surface area is 91.8 Å². The second-order valence-corrected chi connectivity index (χ2v) is 5.49. The summed E-state index contributed by atoms with van der Waals surface area (Å²) in [4.78, 5) is 12.0. The third-order valence-electron chi connectivity index (χ3n) is 3.83. The van der Waals surface area contributed by atoms with Crippen LogP contribution in [0.4, 0.5) is 0 Å². The van der Waals surface area contributed by atoms with Gasteiger partial charge in [-0.1, -0.05) is 12.8 Å². The zero-order chi connectivity index (χ0) is 10.9. The highest BCUT2D eigenvalue weighted by Gasteiger charge is 2.38. The highest BCUT2D eigenvalue weighted by molar-refractivity contribution is 5.80. The van der Waals surface area contributed by atoms with E-state index in [0.29, 0.717) is 0 Å². The third kappa shape index (κ3) is 2.71. The second kappa shape index (κ2) is 4.12. The Morgan fingerprint density at radius 1 is 1.40 bits per heavy atom. The molecule has 0 spiro atoms. The Balaban J connectivity index is 1.85. The Hall–Kier alpha value is -0.570. The summed E-state index contributed by atoms with van der Waals surface area (Å²) in [6, 6.07) is 0. The molecule has 2 aliphatic rings. The van der Waals surface area contributed by atoms with Gasteiger partial charge in [0.25, 0.3) is 0 Å². The van der Waals surface area contributed by atoms with Gasteiger partial charge in [-0.2, -0.15) is 0 Å². The average molecular weight is 210 g/mol. The van der Waals surface area contributed by atoms with E-state index in [2.05, 4.69) is 5.32 Å². The molecule has 3 nitrogen and oxygen atoms in total. The van der Waals surface area contributed by atoms with Crippen molar-refractivity contribution < 1.29 is 4.79 Å². The smallest absolute Gasteiger partial charge is 0.224 e. The van der Waals surface area contributed by atoms with Crippen molar-refractivity contribution in [2.45, 2.75) is 51.0 Å².